The smallest absolute Gasteiger partial charge is 0.283 e. The Balaban J connectivity index is 2.22. The maximum absolute atomic E-state index is 12.7. The van der Waals surface area contributed by atoms with Gasteiger partial charge in [-0.2, -0.15) is 13.2 Å². The van der Waals surface area contributed by atoms with Gasteiger partial charge in [-0.1, -0.05) is 23.7 Å². The summed E-state index contributed by atoms with van der Waals surface area (Å²) < 4.78 is 39.5. The van der Waals surface area contributed by atoms with E-state index in [9.17, 15) is 13.2 Å². The summed E-state index contributed by atoms with van der Waals surface area (Å²) in [6, 6.07) is 8.28. The van der Waals surface area contributed by atoms with E-state index in [4.69, 9.17) is 11.6 Å². The van der Waals surface area contributed by atoms with Gasteiger partial charge < -0.3 is 0 Å². The van der Waals surface area contributed by atoms with Gasteiger partial charge in [-0.25, -0.2) is 15.0 Å². The van der Waals surface area contributed by atoms with Crippen molar-refractivity contribution >= 4 is 22.6 Å². The second-order valence-electron chi connectivity index (χ2n) is 3.97. The predicted octanol–water partition coefficient (Wildman–Crippen LogP) is 3.49. The lowest BCUT2D eigenvalue weighted by Crippen LogP contribution is -2.13. The summed E-state index contributed by atoms with van der Waals surface area (Å²) in [5, 5.41) is -0.278. The molecule has 0 spiro atoms. The third kappa shape index (κ3) is 2.20. The van der Waals surface area contributed by atoms with Gasteiger partial charge in [0.15, 0.2) is 0 Å². The second kappa shape index (κ2) is 4.45. The largest absolute Gasteiger partial charge is 0.451 e. The predicted molar refractivity (Wildman–Crippen MR) is 66.7 cm³/mol. The standard InChI is InChI=1S/C12H6ClF3N4/c13-9-5-10(19-11(18-9)12(14,15)16)20-6-17-7-3-1-2-4-8(7)20/h1-6H. The van der Waals surface area contributed by atoms with E-state index in [1.54, 1.807) is 24.3 Å². The van der Waals surface area contributed by atoms with E-state index in [-0.39, 0.29) is 11.0 Å². The molecule has 2 aromatic heterocycles. The summed E-state index contributed by atoms with van der Waals surface area (Å²) in [6.45, 7) is 0. The molecule has 0 aliphatic carbocycles. The van der Waals surface area contributed by atoms with Gasteiger partial charge in [-0.3, -0.25) is 4.57 Å². The summed E-state index contributed by atoms with van der Waals surface area (Å²) in [4.78, 5) is 10.8. The molecule has 0 unspecified atom stereocenters. The molecule has 0 amide bonds. The minimum absolute atomic E-state index is 0.0195. The van der Waals surface area contributed by atoms with E-state index >= 15 is 0 Å². The molecule has 0 N–H and O–H groups in total. The number of alkyl halides is 3. The number of rotatable bonds is 1. The molecule has 0 fully saturated rings. The van der Waals surface area contributed by atoms with Crippen LogP contribution in [-0.4, -0.2) is 19.5 Å². The number of benzene rings is 1. The Morgan fingerprint density at radius 2 is 1.85 bits per heavy atom. The van der Waals surface area contributed by atoms with Gasteiger partial charge in [-0.05, 0) is 12.1 Å². The van der Waals surface area contributed by atoms with Crippen molar-refractivity contribution in [3.63, 3.8) is 0 Å². The van der Waals surface area contributed by atoms with E-state index in [1.165, 1.54) is 17.0 Å². The average molecular weight is 299 g/mol. The van der Waals surface area contributed by atoms with Crippen LogP contribution in [0, 0.1) is 0 Å². The van der Waals surface area contributed by atoms with Gasteiger partial charge in [0, 0.05) is 6.07 Å². The lowest BCUT2D eigenvalue weighted by molar-refractivity contribution is -0.144. The molecule has 0 radical (unpaired) electrons. The Kier molecular flexibility index (Phi) is 2.86. The zero-order valence-corrected chi connectivity index (χ0v) is 10.5. The van der Waals surface area contributed by atoms with Crippen molar-refractivity contribution in [3.8, 4) is 5.82 Å². The van der Waals surface area contributed by atoms with Crippen LogP contribution in [0.2, 0.25) is 5.15 Å². The fourth-order valence-corrected chi connectivity index (χ4v) is 1.98. The van der Waals surface area contributed by atoms with E-state index in [2.05, 4.69) is 15.0 Å². The third-order valence-electron chi connectivity index (χ3n) is 2.64. The Labute approximate surface area is 115 Å². The molecule has 1 aromatic carbocycles. The molecule has 2 heterocycles. The van der Waals surface area contributed by atoms with Crippen LogP contribution in [0.25, 0.3) is 16.9 Å². The van der Waals surface area contributed by atoms with Crippen LogP contribution in [0.3, 0.4) is 0 Å². The first-order chi connectivity index (χ1) is 9.45. The highest BCUT2D eigenvalue weighted by atomic mass is 35.5. The van der Waals surface area contributed by atoms with Crippen molar-refractivity contribution in [2.75, 3.05) is 0 Å². The molecule has 0 bridgehead atoms. The van der Waals surface area contributed by atoms with Crippen LogP contribution >= 0.6 is 11.6 Å². The maximum atomic E-state index is 12.7. The first-order valence-corrected chi connectivity index (χ1v) is 5.87. The number of hydrogen-bond donors (Lipinski definition) is 0. The van der Waals surface area contributed by atoms with Gasteiger partial charge in [0.2, 0.25) is 5.82 Å². The number of halogens is 4. The minimum Gasteiger partial charge on any atom is -0.283 e. The Morgan fingerprint density at radius 1 is 1.10 bits per heavy atom. The normalized spacial score (nSPS) is 12.0. The van der Waals surface area contributed by atoms with Crippen molar-refractivity contribution in [3.05, 3.63) is 47.6 Å². The highest BCUT2D eigenvalue weighted by molar-refractivity contribution is 6.29. The topological polar surface area (TPSA) is 43.6 Å². The molecule has 0 saturated carbocycles. The lowest BCUT2D eigenvalue weighted by Gasteiger charge is -2.08. The summed E-state index contributed by atoms with van der Waals surface area (Å²) in [5.41, 5.74) is 1.28. The molecule has 3 rings (SSSR count). The van der Waals surface area contributed by atoms with Crippen LogP contribution in [0.15, 0.2) is 36.7 Å². The zero-order chi connectivity index (χ0) is 14.3. The lowest BCUT2D eigenvalue weighted by atomic mass is 10.3. The van der Waals surface area contributed by atoms with Gasteiger partial charge in [0.25, 0.3) is 0 Å². The molecular weight excluding hydrogens is 293 g/mol. The molecule has 0 aliphatic rings. The number of aromatic nitrogens is 4. The number of hydrogen-bond acceptors (Lipinski definition) is 3. The Hall–Kier alpha value is -2.15. The number of para-hydroxylation sites is 2. The zero-order valence-electron chi connectivity index (χ0n) is 9.76. The number of fused-ring (bicyclic) bond motifs is 1. The summed E-state index contributed by atoms with van der Waals surface area (Å²) in [6.07, 6.45) is -3.26. The maximum Gasteiger partial charge on any atom is 0.451 e. The monoisotopic (exact) mass is 298 g/mol. The van der Waals surface area contributed by atoms with Crippen molar-refractivity contribution in [1.82, 2.24) is 19.5 Å². The minimum atomic E-state index is -4.66. The molecule has 0 atom stereocenters. The molecule has 20 heavy (non-hydrogen) atoms. The molecule has 8 heteroatoms. The van der Waals surface area contributed by atoms with Crippen molar-refractivity contribution in [2.45, 2.75) is 6.18 Å². The molecule has 102 valence electrons. The number of nitrogens with zero attached hydrogens (tertiary/aromatic N) is 4. The first-order valence-electron chi connectivity index (χ1n) is 5.49. The van der Waals surface area contributed by atoms with Crippen molar-refractivity contribution in [2.24, 2.45) is 0 Å². The van der Waals surface area contributed by atoms with Crippen LogP contribution < -0.4 is 0 Å². The molecule has 4 nitrogen and oxygen atoms in total. The van der Waals surface area contributed by atoms with Crippen LogP contribution in [0.4, 0.5) is 13.2 Å². The molecule has 0 aliphatic heterocycles. The van der Waals surface area contributed by atoms with Gasteiger partial charge in [0.1, 0.15) is 17.3 Å². The first kappa shape index (κ1) is 12.9. The van der Waals surface area contributed by atoms with E-state index in [0.717, 1.165) is 0 Å². The summed E-state index contributed by atoms with van der Waals surface area (Å²) >= 11 is 5.64. The fraction of sp³-hybridized carbons (Fsp3) is 0.0833. The molecule has 0 saturated heterocycles. The van der Waals surface area contributed by atoms with Gasteiger partial charge >= 0.3 is 6.18 Å². The third-order valence-corrected chi connectivity index (χ3v) is 2.83. The quantitative estimate of drug-likeness (QED) is 0.646. The van der Waals surface area contributed by atoms with Crippen molar-refractivity contribution in [1.29, 1.82) is 0 Å². The SMILES string of the molecule is FC(F)(F)c1nc(Cl)cc(-n2cnc3ccccc32)n1. The summed E-state index contributed by atoms with van der Waals surface area (Å²) in [5.74, 6) is -1.26. The van der Waals surface area contributed by atoms with E-state index in [1.807, 2.05) is 0 Å². The van der Waals surface area contributed by atoms with Crippen LogP contribution in [-0.2, 0) is 6.18 Å². The van der Waals surface area contributed by atoms with E-state index in [0.29, 0.717) is 11.0 Å². The Morgan fingerprint density at radius 3 is 2.60 bits per heavy atom. The van der Waals surface area contributed by atoms with Crippen LogP contribution in [0.5, 0.6) is 0 Å². The molecular formula is C12H6ClF3N4. The van der Waals surface area contributed by atoms with Crippen molar-refractivity contribution < 1.29 is 13.2 Å². The Bertz CT molecular complexity index is 782. The van der Waals surface area contributed by atoms with Gasteiger partial charge in [-0.15, -0.1) is 0 Å². The second-order valence-corrected chi connectivity index (χ2v) is 4.36. The number of imidazole rings is 1. The van der Waals surface area contributed by atoms with Crippen LogP contribution in [0.1, 0.15) is 5.82 Å². The molecule has 3 aromatic rings. The highest BCUT2D eigenvalue weighted by Crippen LogP contribution is 2.28. The average Bonchev–Trinajstić information content (AvgIpc) is 2.80. The summed E-state index contributed by atoms with van der Waals surface area (Å²) in [7, 11) is 0. The van der Waals surface area contributed by atoms with E-state index < -0.39 is 12.0 Å². The van der Waals surface area contributed by atoms with Gasteiger partial charge in [0.05, 0.1) is 11.0 Å². The fourth-order valence-electron chi connectivity index (χ4n) is 1.80. The highest BCUT2D eigenvalue weighted by Gasteiger charge is 2.35.